The van der Waals surface area contributed by atoms with E-state index in [2.05, 4.69) is 27.4 Å². The molecule has 3 aliphatic rings. The molecule has 0 unspecified atom stereocenters. The van der Waals surface area contributed by atoms with E-state index in [1.165, 1.54) is 0 Å². The van der Waals surface area contributed by atoms with E-state index in [0.29, 0.717) is 19.0 Å². The van der Waals surface area contributed by atoms with E-state index in [0.717, 1.165) is 70.9 Å². The highest BCUT2D eigenvalue weighted by Crippen LogP contribution is 2.48. The van der Waals surface area contributed by atoms with Crippen molar-refractivity contribution in [3.05, 3.63) is 70.1 Å². The number of aromatic nitrogens is 2. The molecular formula is C26H27N5O2S. The number of anilines is 3. The number of para-hydroxylation sites is 2. The van der Waals surface area contributed by atoms with E-state index < -0.39 is 0 Å². The number of likely N-dealkylation sites (tertiary alicyclic amines) is 1. The summed E-state index contributed by atoms with van der Waals surface area (Å²) in [4.78, 5) is 39.7. The fourth-order valence-corrected chi connectivity index (χ4v) is 6.19. The molecule has 0 bridgehead atoms. The summed E-state index contributed by atoms with van der Waals surface area (Å²) in [6.07, 6.45) is 5.45. The van der Waals surface area contributed by atoms with E-state index >= 15 is 0 Å². The number of piperidine rings is 1. The van der Waals surface area contributed by atoms with Gasteiger partial charge in [-0.1, -0.05) is 36.0 Å². The average Bonchev–Trinajstić information content (AvgIpc) is 2.87. The number of carbonyl (C=O) groups is 1. The molecule has 8 heteroatoms. The number of nitrogens with zero attached hydrogens (tertiary/aromatic N) is 3. The van der Waals surface area contributed by atoms with Crippen LogP contribution in [0.4, 0.5) is 22.1 Å². The molecule has 1 saturated heterocycles. The van der Waals surface area contributed by atoms with Gasteiger partial charge in [-0.25, -0.2) is 9.78 Å². The molecule has 0 radical (unpaired) electrons. The summed E-state index contributed by atoms with van der Waals surface area (Å²) >= 11 is 1.70. The molecule has 0 spiro atoms. The molecule has 1 aromatic heterocycles. The van der Waals surface area contributed by atoms with E-state index in [4.69, 9.17) is 0 Å². The van der Waals surface area contributed by atoms with Crippen LogP contribution in [0, 0.1) is 0 Å². The molecule has 34 heavy (non-hydrogen) atoms. The first kappa shape index (κ1) is 21.3. The lowest BCUT2D eigenvalue weighted by Gasteiger charge is -2.38. The van der Waals surface area contributed by atoms with Gasteiger partial charge in [0.15, 0.2) is 0 Å². The van der Waals surface area contributed by atoms with E-state index in [-0.39, 0.29) is 17.6 Å². The van der Waals surface area contributed by atoms with Gasteiger partial charge in [0, 0.05) is 34.5 Å². The number of aromatic amines is 1. The number of aryl methyl sites for hydroxylation is 1. The summed E-state index contributed by atoms with van der Waals surface area (Å²) in [5.41, 5.74) is 3.64. The molecule has 2 N–H and O–H groups in total. The normalized spacial score (nSPS) is 17.5. The van der Waals surface area contributed by atoms with Gasteiger partial charge in [0.1, 0.15) is 0 Å². The third kappa shape index (κ3) is 3.86. The summed E-state index contributed by atoms with van der Waals surface area (Å²) in [6, 6.07) is 16.3. The third-order valence-electron chi connectivity index (χ3n) is 6.92. The summed E-state index contributed by atoms with van der Waals surface area (Å²) in [5, 5.41) is 3.42. The van der Waals surface area contributed by atoms with Gasteiger partial charge >= 0.3 is 6.03 Å². The minimum absolute atomic E-state index is 0.0129. The van der Waals surface area contributed by atoms with Crippen LogP contribution in [-0.4, -0.2) is 40.0 Å². The summed E-state index contributed by atoms with van der Waals surface area (Å²) < 4.78 is 0. The predicted octanol–water partition coefficient (Wildman–Crippen LogP) is 4.95. The van der Waals surface area contributed by atoms with Crippen LogP contribution in [0.2, 0.25) is 0 Å². The van der Waals surface area contributed by atoms with Crippen LogP contribution in [0.25, 0.3) is 0 Å². The maximum absolute atomic E-state index is 13.7. The monoisotopic (exact) mass is 473 g/mol. The zero-order valence-electron chi connectivity index (χ0n) is 18.9. The van der Waals surface area contributed by atoms with Gasteiger partial charge in [-0.3, -0.25) is 14.7 Å². The summed E-state index contributed by atoms with van der Waals surface area (Å²) in [5.74, 6) is 0.561. The standard InChI is InChI=1S/C26H27N5O2S/c32-24-18-7-1-2-8-19(18)28-25(29-24)27-17-13-15-30(16-14-17)26(33)31-20-9-3-5-11-22(20)34-23-12-6-4-10-21(23)31/h3-6,9-12,17H,1-2,7-8,13-16H2,(H2,27,28,29,32). The second kappa shape index (κ2) is 8.83. The lowest BCUT2D eigenvalue weighted by molar-refractivity contribution is 0.192. The first-order chi connectivity index (χ1) is 16.7. The smallest absolute Gasteiger partial charge is 0.329 e. The largest absolute Gasteiger partial charge is 0.353 e. The van der Waals surface area contributed by atoms with Crippen molar-refractivity contribution in [2.45, 2.75) is 54.4 Å². The van der Waals surface area contributed by atoms with Crippen LogP contribution in [0.3, 0.4) is 0 Å². The Hall–Kier alpha value is -3.26. The highest BCUT2D eigenvalue weighted by molar-refractivity contribution is 7.99. The average molecular weight is 474 g/mol. The van der Waals surface area contributed by atoms with E-state index in [9.17, 15) is 9.59 Å². The Bertz CT molecular complexity index is 1250. The lowest BCUT2D eigenvalue weighted by atomic mass is 9.97. The van der Waals surface area contributed by atoms with Gasteiger partial charge in [0.05, 0.1) is 17.1 Å². The van der Waals surface area contributed by atoms with E-state index in [1.807, 2.05) is 46.2 Å². The number of amides is 2. The van der Waals surface area contributed by atoms with Crippen molar-refractivity contribution in [2.75, 3.05) is 23.3 Å². The van der Waals surface area contributed by atoms with Crippen LogP contribution in [0.5, 0.6) is 0 Å². The minimum atomic E-state index is -0.0138. The molecule has 7 nitrogen and oxygen atoms in total. The van der Waals surface area contributed by atoms with Crippen molar-refractivity contribution < 1.29 is 4.79 Å². The zero-order valence-corrected chi connectivity index (χ0v) is 19.7. The second-order valence-corrected chi connectivity index (χ2v) is 10.2. The molecule has 174 valence electrons. The number of nitrogens with one attached hydrogen (secondary N) is 2. The van der Waals surface area contributed by atoms with Crippen LogP contribution in [0.1, 0.15) is 36.9 Å². The van der Waals surface area contributed by atoms with Crippen molar-refractivity contribution >= 4 is 35.1 Å². The Morgan fingerprint density at radius 1 is 0.971 bits per heavy atom. The summed E-state index contributed by atoms with van der Waals surface area (Å²) in [7, 11) is 0. The van der Waals surface area contributed by atoms with Crippen molar-refractivity contribution in [3.8, 4) is 0 Å². The Labute approximate surface area is 202 Å². The van der Waals surface area contributed by atoms with E-state index in [1.54, 1.807) is 11.8 Å². The fraction of sp³-hybridized carbons (Fsp3) is 0.346. The summed E-state index contributed by atoms with van der Waals surface area (Å²) in [6.45, 7) is 1.30. The number of benzene rings is 2. The fourth-order valence-electron chi connectivity index (χ4n) is 5.13. The van der Waals surface area contributed by atoms with Crippen molar-refractivity contribution in [1.82, 2.24) is 14.9 Å². The highest BCUT2D eigenvalue weighted by atomic mass is 32.2. The maximum Gasteiger partial charge on any atom is 0.329 e. The number of rotatable bonds is 2. The van der Waals surface area contributed by atoms with Gasteiger partial charge in [-0.15, -0.1) is 0 Å². The number of urea groups is 1. The van der Waals surface area contributed by atoms with Gasteiger partial charge in [0.25, 0.3) is 5.56 Å². The van der Waals surface area contributed by atoms with Gasteiger partial charge in [-0.05, 0) is 62.8 Å². The Balaban J connectivity index is 1.17. The molecule has 2 aromatic carbocycles. The Morgan fingerprint density at radius 2 is 1.62 bits per heavy atom. The highest BCUT2D eigenvalue weighted by Gasteiger charge is 2.33. The topological polar surface area (TPSA) is 81.3 Å². The first-order valence-electron chi connectivity index (χ1n) is 12.0. The number of carbonyl (C=O) groups excluding carboxylic acids is 1. The molecule has 0 atom stereocenters. The predicted molar refractivity (Wildman–Crippen MR) is 134 cm³/mol. The third-order valence-corrected chi connectivity index (χ3v) is 8.05. The van der Waals surface area contributed by atoms with Crippen molar-refractivity contribution in [2.24, 2.45) is 0 Å². The number of fused-ring (bicyclic) bond motifs is 3. The SMILES string of the molecule is O=C(N1CCC(Nc2nc3c(c(=O)[nH]2)CCCC3)CC1)N1c2ccccc2Sc2ccccc21. The molecule has 3 heterocycles. The first-order valence-corrected chi connectivity index (χ1v) is 12.8. The Kier molecular flexibility index (Phi) is 5.53. The van der Waals surface area contributed by atoms with Crippen LogP contribution < -0.4 is 15.8 Å². The van der Waals surface area contributed by atoms with Crippen LogP contribution in [0.15, 0.2) is 63.1 Å². The van der Waals surface area contributed by atoms with Gasteiger partial charge in [0.2, 0.25) is 5.95 Å². The number of H-pyrrole nitrogens is 1. The molecular weight excluding hydrogens is 446 g/mol. The molecule has 3 aromatic rings. The molecule has 1 fully saturated rings. The zero-order chi connectivity index (χ0) is 23.1. The maximum atomic E-state index is 13.7. The quantitative estimate of drug-likeness (QED) is 0.551. The molecule has 2 amide bonds. The van der Waals surface area contributed by atoms with Crippen molar-refractivity contribution in [1.29, 1.82) is 0 Å². The molecule has 6 rings (SSSR count). The van der Waals surface area contributed by atoms with Crippen LogP contribution >= 0.6 is 11.8 Å². The lowest BCUT2D eigenvalue weighted by Crippen LogP contribution is -2.48. The number of hydrogen-bond acceptors (Lipinski definition) is 5. The van der Waals surface area contributed by atoms with Crippen LogP contribution in [-0.2, 0) is 12.8 Å². The minimum Gasteiger partial charge on any atom is -0.353 e. The second-order valence-electron chi connectivity index (χ2n) is 9.11. The molecule has 2 aliphatic heterocycles. The molecule has 1 aliphatic carbocycles. The Morgan fingerprint density at radius 3 is 2.32 bits per heavy atom. The van der Waals surface area contributed by atoms with Gasteiger partial charge in [-0.2, -0.15) is 0 Å². The molecule has 0 saturated carbocycles. The van der Waals surface area contributed by atoms with Crippen molar-refractivity contribution in [3.63, 3.8) is 0 Å². The van der Waals surface area contributed by atoms with Gasteiger partial charge < -0.3 is 10.2 Å². The number of hydrogen-bond donors (Lipinski definition) is 2.